The standard InChI is InChI=1S/C13H12N2O3S/c16-11(8-3-5-18-7-8)15-13-10(4-6-19-13)12(17)14-9-1-2-9/h3-7,9H,1-2H2,(H,14,17)(H,15,16). The third-order valence-corrected chi connectivity index (χ3v) is 3.66. The number of anilines is 1. The second kappa shape index (κ2) is 4.89. The van der Waals surface area contributed by atoms with Crippen molar-refractivity contribution in [3.05, 3.63) is 41.2 Å². The molecule has 0 aliphatic heterocycles. The molecule has 6 heteroatoms. The van der Waals surface area contributed by atoms with E-state index in [2.05, 4.69) is 10.6 Å². The van der Waals surface area contributed by atoms with E-state index in [0.29, 0.717) is 22.2 Å². The van der Waals surface area contributed by atoms with Crippen molar-refractivity contribution in [2.45, 2.75) is 18.9 Å². The molecule has 19 heavy (non-hydrogen) atoms. The molecular weight excluding hydrogens is 264 g/mol. The fraction of sp³-hybridized carbons (Fsp3) is 0.231. The van der Waals surface area contributed by atoms with Crippen LogP contribution < -0.4 is 10.6 Å². The van der Waals surface area contributed by atoms with Crippen molar-refractivity contribution in [2.75, 3.05) is 5.32 Å². The maximum atomic E-state index is 12.0. The van der Waals surface area contributed by atoms with Crippen molar-refractivity contribution in [3.63, 3.8) is 0 Å². The first-order chi connectivity index (χ1) is 9.24. The first kappa shape index (κ1) is 12.0. The fourth-order valence-electron chi connectivity index (χ4n) is 1.64. The zero-order valence-electron chi connectivity index (χ0n) is 10.0. The number of amides is 2. The van der Waals surface area contributed by atoms with Crippen LogP contribution in [-0.2, 0) is 0 Å². The van der Waals surface area contributed by atoms with Crippen molar-refractivity contribution >= 4 is 28.2 Å². The molecule has 2 aromatic heterocycles. The van der Waals surface area contributed by atoms with Crippen LogP contribution in [0.4, 0.5) is 5.00 Å². The number of nitrogens with one attached hydrogen (secondary N) is 2. The van der Waals surface area contributed by atoms with Crippen LogP contribution >= 0.6 is 11.3 Å². The average molecular weight is 276 g/mol. The van der Waals surface area contributed by atoms with Gasteiger partial charge in [0.25, 0.3) is 11.8 Å². The number of furan rings is 1. The summed E-state index contributed by atoms with van der Waals surface area (Å²) in [6, 6.07) is 3.59. The van der Waals surface area contributed by atoms with Crippen LogP contribution in [0, 0.1) is 0 Å². The summed E-state index contributed by atoms with van der Waals surface area (Å²) in [5.74, 6) is -0.414. The van der Waals surface area contributed by atoms with E-state index in [1.54, 1.807) is 17.5 Å². The Hall–Kier alpha value is -2.08. The van der Waals surface area contributed by atoms with Gasteiger partial charge in [-0.3, -0.25) is 9.59 Å². The Morgan fingerprint density at radius 3 is 2.79 bits per heavy atom. The van der Waals surface area contributed by atoms with E-state index in [4.69, 9.17) is 4.42 Å². The van der Waals surface area contributed by atoms with E-state index >= 15 is 0 Å². The minimum absolute atomic E-state index is 0.133. The Labute approximate surface area is 113 Å². The lowest BCUT2D eigenvalue weighted by atomic mass is 10.2. The summed E-state index contributed by atoms with van der Waals surface area (Å²) in [5.41, 5.74) is 0.940. The second-order valence-electron chi connectivity index (χ2n) is 4.38. The largest absolute Gasteiger partial charge is 0.472 e. The monoisotopic (exact) mass is 276 g/mol. The summed E-state index contributed by atoms with van der Waals surface area (Å²) in [6.07, 6.45) is 4.87. The Balaban J connectivity index is 1.72. The zero-order chi connectivity index (χ0) is 13.2. The molecule has 0 radical (unpaired) electrons. The SMILES string of the molecule is O=C(Nc1sccc1C(=O)NC1CC1)c1ccoc1. The molecule has 1 aliphatic rings. The molecule has 1 aliphatic carbocycles. The summed E-state index contributed by atoms with van der Waals surface area (Å²) in [6.45, 7) is 0. The van der Waals surface area contributed by atoms with Crippen LogP contribution in [-0.4, -0.2) is 17.9 Å². The highest BCUT2D eigenvalue weighted by Crippen LogP contribution is 2.26. The van der Waals surface area contributed by atoms with Crippen LogP contribution in [0.5, 0.6) is 0 Å². The maximum Gasteiger partial charge on any atom is 0.259 e. The first-order valence-corrected chi connectivity index (χ1v) is 6.84. The molecule has 2 N–H and O–H groups in total. The highest BCUT2D eigenvalue weighted by molar-refractivity contribution is 7.14. The van der Waals surface area contributed by atoms with Crippen LogP contribution in [0.1, 0.15) is 33.6 Å². The Kier molecular flexibility index (Phi) is 3.08. The molecule has 0 aromatic carbocycles. The van der Waals surface area contributed by atoms with Crippen LogP contribution in [0.3, 0.4) is 0 Å². The number of rotatable bonds is 4. The van der Waals surface area contributed by atoms with Gasteiger partial charge < -0.3 is 15.1 Å². The lowest BCUT2D eigenvalue weighted by Crippen LogP contribution is -2.26. The number of carbonyl (C=O) groups excluding carboxylic acids is 2. The Bertz CT molecular complexity index is 599. The van der Waals surface area contributed by atoms with Gasteiger partial charge in [-0.2, -0.15) is 0 Å². The molecule has 1 fully saturated rings. The molecule has 98 valence electrons. The number of hydrogen-bond acceptors (Lipinski definition) is 4. The van der Waals surface area contributed by atoms with Crippen LogP contribution in [0.25, 0.3) is 0 Å². The summed E-state index contributed by atoms with van der Waals surface area (Å²) in [7, 11) is 0. The van der Waals surface area contributed by atoms with Gasteiger partial charge in [-0.25, -0.2) is 0 Å². The van der Waals surface area contributed by atoms with Gasteiger partial charge in [-0.15, -0.1) is 11.3 Å². The van der Waals surface area contributed by atoms with Crippen molar-refractivity contribution in [3.8, 4) is 0 Å². The summed E-state index contributed by atoms with van der Waals surface area (Å²) >= 11 is 1.33. The first-order valence-electron chi connectivity index (χ1n) is 5.96. The van der Waals surface area contributed by atoms with Crippen LogP contribution in [0.2, 0.25) is 0 Å². The molecule has 3 rings (SSSR count). The van der Waals surface area contributed by atoms with Crippen LogP contribution in [0.15, 0.2) is 34.5 Å². The molecule has 2 amide bonds. The average Bonchev–Trinajstić information content (AvgIpc) is 2.91. The number of carbonyl (C=O) groups is 2. The zero-order valence-corrected chi connectivity index (χ0v) is 10.8. The molecule has 0 saturated heterocycles. The van der Waals surface area contributed by atoms with E-state index < -0.39 is 0 Å². The van der Waals surface area contributed by atoms with Crippen molar-refractivity contribution < 1.29 is 14.0 Å². The maximum absolute atomic E-state index is 12.0. The van der Waals surface area contributed by atoms with Gasteiger partial charge in [-0.1, -0.05) is 0 Å². The lowest BCUT2D eigenvalue weighted by Gasteiger charge is -2.05. The minimum atomic E-state index is -0.281. The van der Waals surface area contributed by atoms with Crippen molar-refractivity contribution in [1.29, 1.82) is 0 Å². The lowest BCUT2D eigenvalue weighted by molar-refractivity contribution is 0.0952. The molecule has 5 nitrogen and oxygen atoms in total. The predicted molar refractivity (Wildman–Crippen MR) is 71.5 cm³/mol. The topological polar surface area (TPSA) is 71.3 Å². The van der Waals surface area contributed by atoms with E-state index in [1.165, 1.54) is 23.9 Å². The Morgan fingerprint density at radius 1 is 1.26 bits per heavy atom. The third-order valence-electron chi connectivity index (χ3n) is 2.83. The van der Waals surface area contributed by atoms with Gasteiger partial charge in [0.15, 0.2) is 0 Å². The smallest absolute Gasteiger partial charge is 0.259 e. The molecule has 0 unspecified atom stereocenters. The van der Waals surface area contributed by atoms with Crippen molar-refractivity contribution in [2.24, 2.45) is 0 Å². The van der Waals surface area contributed by atoms with E-state index in [1.807, 2.05) is 0 Å². The molecule has 2 heterocycles. The molecule has 1 saturated carbocycles. The number of hydrogen-bond donors (Lipinski definition) is 2. The summed E-state index contributed by atoms with van der Waals surface area (Å²) in [4.78, 5) is 23.9. The van der Waals surface area contributed by atoms with Gasteiger partial charge in [0, 0.05) is 6.04 Å². The highest BCUT2D eigenvalue weighted by Gasteiger charge is 2.25. The molecule has 2 aromatic rings. The van der Waals surface area contributed by atoms with Gasteiger partial charge in [0.1, 0.15) is 11.3 Å². The molecule has 0 bridgehead atoms. The van der Waals surface area contributed by atoms with Crippen molar-refractivity contribution in [1.82, 2.24) is 5.32 Å². The van der Waals surface area contributed by atoms with E-state index in [0.717, 1.165) is 12.8 Å². The van der Waals surface area contributed by atoms with E-state index in [9.17, 15) is 9.59 Å². The fourth-order valence-corrected chi connectivity index (χ4v) is 2.42. The van der Waals surface area contributed by atoms with E-state index in [-0.39, 0.29) is 11.8 Å². The number of thiophene rings is 1. The van der Waals surface area contributed by atoms with Gasteiger partial charge in [0.2, 0.25) is 0 Å². The molecule has 0 spiro atoms. The van der Waals surface area contributed by atoms with Gasteiger partial charge in [0.05, 0.1) is 17.4 Å². The normalized spacial score (nSPS) is 14.1. The summed E-state index contributed by atoms with van der Waals surface area (Å²) in [5, 5.41) is 7.97. The molecule has 0 atom stereocenters. The summed E-state index contributed by atoms with van der Waals surface area (Å²) < 4.78 is 4.86. The Morgan fingerprint density at radius 2 is 2.11 bits per heavy atom. The third kappa shape index (κ3) is 2.68. The van der Waals surface area contributed by atoms with Gasteiger partial charge >= 0.3 is 0 Å². The quantitative estimate of drug-likeness (QED) is 0.901. The molecular formula is C13H12N2O3S. The predicted octanol–water partition coefficient (Wildman–Crippen LogP) is 2.49. The highest BCUT2D eigenvalue weighted by atomic mass is 32.1. The van der Waals surface area contributed by atoms with Gasteiger partial charge in [-0.05, 0) is 30.4 Å². The second-order valence-corrected chi connectivity index (χ2v) is 5.29. The minimum Gasteiger partial charge on any atom is -0.472 e.